The van der Waals surface area contributed by atoms with Crippen molar-refractivity contribution in [3.05, 3.63) is 85.1 Å². The summed E-state index contributed by atoms with van der Waals surface area (Å²) in [6, 6.07) is 0. The number of hydrogen-bond donors (Lipinski definition) is 0. The smallest absolute Gasteiger partial charge is 0.306 e. The maximum Gasteiger partial charge on any atom is 0.306 e. The van der Waals surface area contributed by atoms with Gasteiger partial charge in [0.15, 0.2) is 6.10 Å². The molecule has 1 unspecified atom stereocenters. The standard InChI is InChI=1S/C55H92O6/c1-4-7-10-13-16-19-22-24-25-26-27-28-29-31-33-36-39-42-45-48-54(57)60-51-52(50-59-53(56)47-44-41-38-35-32-21-18-15-12-9-6-3)61-55(58)49-46-43-40-37-34-30-23-20-17-14-11-8-5-2/h7,10-11,14-16,18-20,23-25,27-28,52H,4-6,8-9,12-13,17,21-22,26,29-51H2,1-3H3/b10-7-,14-11-,18-15-,19-16-,23-20-,25-24-,28-27-. The van der Waals surface area contributed by atoms with Crippen molar-refractivity contribution in [1.29, 1.82) is 0 Å². The first-order valence-electron chi connectivity index (χ1n) is 25.1. The predicted molar refractivity (Wildman–Crippen MR) is 261 cm³/mol. The van der Waals surface area contributed by atoms with Crippen LogP contribution in [0.2, 0.25) is 0 Å². The molecule has 1 atom stereocenters. The minimum atomic E-state index is -0.792. The van der Waals surface area contributed by atoms with Gasteiger partial charge in [-0.25, -0.2) is 0 Å². The third-order valence-electron chi connectivity index (χ3n) is 10.3. The summed E-state index contributed by atoms with van der Waals surface area (Å²) in [5, 5.41) is 0. The number of unbranched alkanes of at least 4 members (excludes halogenated alkanes) is 19. The number of esters is 3. The van der Waals surface area contributed by atoms with Crippen LogP contribution in [0.1, 0.15) is 226 Å². The molecular weight excluding hydrogens is 757 g/mol. The van der Waals surface area contributed by atoms with Gasteiger partial charge in [0.05, 0.1) is 0 Å². The maximum absolute atomic E-state index is 12.8. The molecule has 0 heterocycles. The van der Waals surface area contributed by atoms with E-state index in [0.29, 0.717) is 19.3 Å². The van der Waals surface area contributed by atoms with E-state index in [2.05, 4.69) is 106 Å². The van der Waals surface area contributed by atoms with Gasteiger partial charge in [0.2, 0.25) is 0 Å². The van der Waals surface area contributed by atoms with Crippen LogP contribution in [0.5, 0.6) is 0 Å². The largest absolute Gasteiger partial charge is 0.462 e. The normalized spacial score (nSPS) is 12.8. The van der Waals surface area contributed by atoms with Gasteiger partial charge in [-0.2, -0.15) is 0 Å². The molecule has 0 N–H and O–H groups in total. The second-order valence-electron chi connectivity index (χ2n) is 16.3. The molecule has 0 aliphatic rings. The van der Waals surface area contributed by atoms with E-state index in [-0.39, 0.29) is 31.1 Å². The van der Waals surface area contributed by atoms with Crippen LogP contribution in [-0.2, 0) is 28.6 Å². The first kappa shape index (κ1) is 57.6. The van der Waals surface area contributed by atoms with Crippen molar-refractivity contribution >= 4 is 17.9 Å². The minimum Gasteiger partial charge on any atom is -0.462 e. The van der Waals surface area contributed by atoms with E-state index in [4.69, 9.17) is 14.2 Å². The molecular formula is C55H92O6. The number of allylic oxidation sites excluding steroid dienone is 14. The molecule has 0 saturated carbocycles. The van der Waals surface area contributed by atoms with Gasteiger partial charge >= 0.3 is 17.9 Å². The molecule has 0 saturated heterocycles. The molecule has 0 spiro atoms. The Morgan fingerprint density at radius 2 is 0.672 bits per heavy atom. The Hall–Kier alpha value is -3.41. The zero-order valence-corrected chi connectivity index (χ0v) is 39.7. The average molecular weight is 849 g/mol. The zero-order valence-electron chi connectivity index (χ0n) is 39.7. The number of rotatable bonds is 44. The lowest BCUT2D eigenvalue weighted by Crippen LogP contribution is -2.30. The summed E-state index contributed by atoms with van der Waals surface area (Å²) in [7, 11) is 0. The fourth-order valence-corrected chi connectivity index (χ4v) is 6.57. The van der Waals surface area contributed by atoms with E-state index in [1.807, 2.05) is 0 Å². The highest BCUT2D eigenvalue weighted by Crippen LogP contribution is 2.13. The van der Waals surface area contributed by atoms with Crippen molar-refractivity contribution in [3.63, 3.8) is 0 Å². The van der Waals surface area contributed by atoms with Gasteiger partial charge in [0, 0.05) is 19.3 Å². The topological polar surface area (TPSA) is 78.9 Å². The Kier molecular flexibility index (Phi) is 46.5. The van der Waals surface area contributed by atoms with E-state index in [9.17, 15) is 14.4 Å². The summed E-state index contributed by atoms with van der Waals surface area (Å²) < 4.78 is 16.7. The Morgan fingerprint density at radius 1 is 0.344 bits per heavy atom. The van der Waals surface area contributed by atoms with Crippen LogP contribution >= 0.6 is 0 Å². The lowest BCUT2D eigenvalue weighted by molar-refractivity contribution is -0.167. The van der Waals surface area contributed by atoms with Crippen LogP contribution < -0.4 is 0 Å². The van der Waals surface area contributed by atoms with E-state index in [1.165, 1.54) is 51.4 Å². The molecule has 0 aromatic carbocycles. The molecule has 0 fully saturated rings. The van der Waals surface area contributed by atoms with Crippen molar-refractivity contribution in [2.24, 2.45) is 0 Å². The summed E-state index contributed by atoms with van der Waals surface area (Å²) in [5.74, 6) is -0.934. The average Bonchev–Trinajstić information content (AvgIpc) is 3.26. The second kappa shape index (κ2) is 49.2. The molecule has 0 aromatic heterocycles. The SMILES string of the molecule is CC/C=C\C/C=C\C/C=C\C/C=C\CCCCCCCCC(=O)OCC(COC(=O)CCCCCCC/C=C\CCCC)OC(=O)CCCCCCC/C=C\C/C=C\CCC. The molecule has 0 bridgehead atoms. The first-order valence-corrected chi connectivity index (χ1v) is 25.1. The zero-order chi connectivity index (χ0) is 44.4. The van der Waals surface area contributed by atoms with Crippen molar-refractivity contribution in [2.75, 3.05) is 13.2 Å². The molecule has 348 valence electrons. The molecule has 0 radical (unpaired) electrons. The number of hydrogen-bond acceptors (Lipinski definition) is 6. The lowest BCUT2D eigenvalue weighted by atomic mass is 10.1. The van der Waals surface area contributed by atoms with Crippen molar-refractivity contribution < 1.29 is 28.6 Å². The molecule has 0 aromatic rings. The molecule has 0 aliphatic heterocycles. The van der Waals surface area contributed by atoms with Crippen molar-refractivity contribution in [3.8, 4) is 0 Å². The summed E-state index contributed by atoms with van der Waals surface area (Å²) in [5.41, 5.74) is 0. The van der Waals surface area contributed by atoms with Crippen LogP contribution in [0.15, 0.2) is 85.1 Å². The predicted octanol–water partition coefficient (Wildman–Crippen LogP) is 16.4. The molecule has 0 rings (SSSR count). The summed E-state index contributed by atoms with van der Waals surface area (Å²) in [6.07, 6.45) is 62.8. The molecule has 61 heavy (non-hydrogen) atoms. The summed E-state index contributed by atoms with van der Waals surface area (Å²) in [6.45, 7) is 6.38. The van der Waals surface area contributed by atoms with Gasteiger partial charge in [0.1, 0.15) is 13.2 Å². The second-order valence-corrected chi connectivity index (χ2v) is 16.3. The fourth-order valence-electron chi connectivity index (χ4n) is 6.57. The Balaban J connectivity index is 4.40. The number of ether oxygens (including phenoxy) is 3. The quantitative estimate of drug-likeness (QED) is 0.0263. The summed E-state index contributed by atoms with van der Waals surface area (Å²) in [4.78, 5) is 37.9. The van der Waals surface area contributed by atoms with E-state index in [1.54, 1.807) is 0 Å². The molecule has 6 heteroatoms. The highest BCUT2D eigenvalue weighted by molar-refractivity contribution is 5.71. The van der Waals surface area contributed by atoms with Gasteiger partial charge in [-0.1, -0.05) is 189 Å². The highest BCUT2D eigenvalue weighted by Gasteiger charge is 2.19. The van der Waals surface area contributed by atoms with Crippen LogP contribution in [0.3, 0.4) is 0 Å². The summed E-state index contributed by atoms with van der Waals surface area (Å²) >= 11 is 0. The van der Waals surface area contributed by atoms with Gasteiger partial charge in [0.25, 0.3) is 0 Å². The monoisotopic (exact) mass is 849 g/mol. The maximum atomic E-state index is 12.8. The van der Waals surface area contributed by atoms with Crippen molar-refractivity contribution in [2.45, 2.75) is 232 Å². The van der Waals surface area contributed by atoms with Crippen LogP contribution in [-0.4, -0.2) is 37.2 Å². The minimum absolute atomic E-state index is 0.0922. The Morgan fingerprint density at radius 3 is 1.08 bits per heavy atom. The fraction of sp³-hybridized carbons (Fsp3) is 0.691. The van der Waals surface area contributed by atoms with E-state index < -0.39 is 6.10 Å². The van der Waals surface area contributed by atoms with E-state index in [0.717, 1.165) is 135 Å². The first-order chi connectivity index (χ1) is 30.0. The van der Waals surface area contributed by atoms with Gasteiger partial charge in [-0.05, 0) is 103 Å². The van der Waals surface area contributed by atoms with Gasteiger partial charge in [-0.3, -0.25) is 14.4 Å². The number of carbonyl (C=O) groups is 3. The molecule has 0 aliphatic carbocycles. The molecule has 0 amide bonds. The van der Waals surface area contributed by atoms with Gasteiger partial charge < -0.3 is 14.2 Å². The third-order valence-corrected chi connectivity index (χ3v) is 10.3. The van der Waals surface area contributed by atoms with Crippen LogP contribution in [0.4, 0.5) is 0 Å². The highest BCUT2D eigenvalue weighted by atomic mass is 16.6. The Bertz CT molecular complexity index is 1200. The van der Waals surface area contributed by atoms with Gasteiger partial charge in [-0.15, -0.1) is 0 Å². The lowest BCUT2D eigenvalue weighted by Gasteiger charge is -2.18. The van der Waals surface area contributed by atoms with Crippen LogP contribution in [0.25, 0.3) is 0 Å². The Labute approximate surface area is 375 Å². The number of carbonyl (C=O) groups excluding carboxylic acids is 3. The molecule has 6 nitrogen and oxygen atoms in total. The van der Waals surface area contributed by atoms with E-state index >= 15 is 0 Å². The van der Waals surface area contributed by atoms with Crippen LogP contribution in [0, 0.1) is 0 Å². The van der Waals surface area contributed by atoms with Crippen molar-refractivity contribution in [1.82, 2.24) is 0 Å². The third kappa shape index (κ3) is 47.5.